The van der Waals surface area contributed by atoms with E-state index in [1.54, 1.807) is 12.1 Å². The van der Waals surface area contributed by atoms with E-state index in [1.165, 1.54) is 0 Å². The lowest BCUT2D eigenvalue weighted by atomic mass is 9.84. The third-order valence-electron chi connectivity index (χ3n) is 4.26. The molecular weight excluding hydrogens is 267 g/mol. The molecule has 1 atom stereocenters. The second-order valence-corrected chi connectivity index (χ2v) is 5.96. The predicted octanol–water partition coefficient (Wildman–Crippen LogP) is 4.99. The molecule has 2 N–H and O–H groups in total. The van der Waals surface area contributed by atoms with Crippen LogP contribution in [0.15, 0.2) is 23.8 Å². The van der Waals surface area contributed by atoms with Gasteiger partial charge in [-0.2, -0.15) is 0 Å². The Morgan fingerprint density at radius 3 is 2.52 bits per heavy atom. The zero-order valence-corrected chi connectivity index (χ0v) is 12.7. The van der Waals surface area contributed by atoms with Crippen molar-refractivity contribution in [1.29, 1.82) is 0 Å². The monoisotopic (exact) mass is 292 g/mol. The van der Waals surface area contributed by atoms with Crippen LogP contribution in [-0.2, 0) is 6.42 Å². The van der Waals surface area contributed by atoms with Crippen LogP contribution in [0.3, 0.4) is 0 Å². The third kappa shape index (κ3) is 3.99. The van der Waals surface area contributed by atoms with Crippen LogP contribution in [0.1, 0.15) is 62.5 Å². The largest absolute Gasteiger partial charge is 0.507 e. The fraction of sp³-hybridized carbons (Fsp3) is 0.556. The first-order chi connectivity index (χ1) is 10.2. The Morgan fingerprint density at radius 2 is 1.90 bits per heavy atom. The molecule has 0 fully saturated rings. The molecule has 2 rings (SSSR count). The highest BCUT2D eigenvalue weighted by Crippen LogP contribution is 2.41. The first kappa shape index (κ1) is 15.9. The molecule has 21 heavy (non-hydrogen) atoms. The first-order valence-corrected chi connectivity index (χ1v) is 7.96. The first-order valence-electron chi connectivity index (χ1n) is 7.96. The SMILES string of the molecule is CCCCCc1cc(O)c(C2C=C(CF)CCC2)c(O)c1. The number of hydrogen-bond donors (Lipinski definition) is 2. The smallest absolute Gasteiger partial charge is 0.123 e. The van der Waals surface area contributed by atoms with E-state index >= 15 is 0 Å². The summed E-state index contributed by atoms with van der Waals surface area (Å²) in [7, 11) is 0. The van der Waals surface area contributed by atoms with E-state index in [0.29, 0.717) is 5.56 Å². The molecule has 1 aliphatic rings. The molecule has 0 bridgehead atoms. The van der Waals surface area contributed by atoms with Crippen molar-refractivity contribution in [3.63, 3.8) is 0 Å². The quantitative estimate of drug-likeness (QED) is 0.572. The third-order valence-corrected chi connectivity index (χ3v) is 4.26. The molecule has 0 aromatic heterocycles. The molecule has 0 aliphatic heterocycles. The summed E-state index contributed by atoms with van der Waals surface area (Å²) in [4.78, 5) is 0. The number of phenolic OH excluding ortho intramolecular Hbond substituents is 2. The molecule has 0 radical (unpaired) electrons. The number of halogens is 1. The van der Waals surface area contributed by atoms with E-state index in [9.17, 15) is 14.6 Å². The van der Waals surface area contributed by atoms with Crippen molar-refractivity contribution < 1.29 is 14.6 Å². The van der Waals surface area contributed by atoms with Crippen LogP contribution >= 0.6 is 0 Å². The molecule has 0 spiro atoms. The van der Waals surface area contributed by atoms with Gasteiger partial charge in [-0.1, -0.05) is 25.8 Å². The number of alkyl halides is 1. The van der Waals surface area contributed by atoms with Gasteiger partial charge < -0.3 is 10.2 Å². The summed E-state index contributed by atoms with van der Waals surface area (Å²) < 4.78 is 12.8. The summed E-state index contributed by atoms with van der Waals surface area (Å²) in [6, 6.07) is 3.50. The Hall–Kier alpha value is -1.51. The Balaban J connectivity index is 2.20. The Kier molecular flexibility index (Phi) is 5.66. The summed E-state index contributed by atoms with van der Waals surface area (Å²) in [5.74, 6) is 0.208. The normalized spacial score (nSPS) is 18.6. The van der Waals surface area contributed by atoms with Gasteiger partial charge in [0.05, 0.1) is 0 Å². The van der Waals surface area contributed by atoms with Crippen LogP contribution in [-0.4, -0.2) is 16.9 Å². The summed E-state index contributed by atoms with van der Waals surface area (Å²) >= 11 is 0. The standard InChI is InChI=1S/C18H25FO2/c1-2-3-4-6-13-10-16(20)18(17(21)11-13)15-8-5-7-14(9-15)12-19/h9-11,15,20-21H,2-8,12H2,1H3. The zero-order valence-electron chi connectivity index (χ0n) is 12.7. The van der Waals surface area contributed by atoms with Crippen molar-refractivity contribution in [3.05, 3.63) is 34.9 Å². The minimum atomic E-state index is -0.437. The van der Waals surface area contributed by atoms with Crippen LogP contribution in [0.25, 0.3) is 0 Å². The molecule has 1 aromatic rings. The van der Waals surface area contributed by atoms with Gasteiger partial charge in [-0.15, -0.1) is 0 Å². The summed E-state index contributed by atoms with van der Waals surface area (Å²) in [5.41, 5.74) is 2.30. The molecule has 1 aromatic carbocycles. The lowest BCUT2D eigenvalue weighted by Crippen LogP contribution is -2.05. The predicted molar refractivity (Wildman–Crippen MR) is 83.7 cm³/mol. The van der Waals surface area contributed by atoms with Crippen molar-refractivity contribution in [1.82, 2.24) is 0 Å². The molecular formula is C18H25FO2. The number of allylic oxidation sites excluding steroid dienone is 2. The molecule has 116 valence electrons. The molecule has 0 saturated heterocycles. The Bertz CT molecular complexity index is 485. The summed E-state index contributed by atoms with van der Waals surface area (Å²) in [6.07, 6.45) is 8.62. The van der Waals surface area contributed by atoms with Crippen molar-refractivity contribution in [2.75, 3.05) is 6.67 Å². The number of unbranched alkanes of at least 4 members (excludes halogenated alkanes) is 2. The maximum atomic E-state index is 12.8. The maximum Gasteiger partial charge on any atom is 0.123 e. The van der Waals surface area contributed by atoms with Gasteiger partial charge in [0.25, 0.3) is 0 Å². The molecule has 1 unspecified atom stereocenters. The van der Waals surface area contributed by atoms with Gasteiger partial charge in [0.1, 0.15) is 18.2 Å². The van der Waals surface area contributed by atoms with Crippen molar-refractivity contribution in [3.8, 4) is 11.5 Å². The number of hydrogen-bond acceptors (Lipinski definition) is 2. The molecule has 0 heterocycles. The summed E-state index contributed by atoms with van der Waals surface area (Å²) in [6.45, 7) is 1.71. The number of aryl methyl sites for hydroxylation is 1. The van der Waals surface area contributed by atoms with Crippen molar-refractivity contribution in [2.45, 2.75) is 57.8 Å². The topological polar surface area (TPSA) is 40.5 Å². The van der Waals surface area contributed by atoms with E-state index in [0.717, 1.165) is 56.1 Å². The van der Waals surface area contributed by atoms with E-state index in [4.69, 9.17) is 0 Å². The Morgan fingerprint density at radius 1 is 1.19 bits per heavy atom. The average Bonchev–Trinajstić information content (AvgIpc) is 2.47. The van der Waals surface area contributed by atoms with E-state index in [-0.39, 0.29) is 17.4 Å². The van der Waals surface area contributed by atoms with Gasteiger partial charge in [0.2, 0.25) is 0 Å². The van der Waals surface area contributed by atoms with E-state index in [2.05, 4.69) is 6.92 Å². The maximum absolute atomic E-state index is 12.8. The Labute approximate surface area is 126 Å². The van der Waals surface area contributed by atoms with Crippen LogP contribution in [0.2, 0.25) is 0 Å². The average molecular weight is 292 g/mol. The van der Waals surface area contributed by atoms with Gasteiger partial charge in [-0.3, -0.25) is 0 Å². The molecule has 0 amide bonds. The van der Waals surface area contributed by atoms with Crippen molar-refractivity contribution in [2.24, 2.45) is 0 Å². The van der Waals surface area contributed by atoms with Crippen LogP contribution in [0.4, 0.5) is 4.39 Å². The fourth-order valence-electron chi connectivity index (χ4n) is 3.12. The van der Waals surface area contributed by atoms with Gasteiger partial charge >= 0.3 is 0 Å². The van der Waals surface area contributed by atoms with Gasteiger partial charge in [0, 0.05) is 11.5 Å². The van der Waals surface area contributed by atoms with Gasteiger partial charge in [0.15, 0.2) is 0 Å². The number of aromatic hydroxyl groups is 2. The highest BCUT2D eigenvalue weighted by atomic mass is 19.1. The lowest BCUT2D eigenvalue weighted by molar-refractivity contribution is 0.425. The number of benzene rings is 1. The zero-order chi connectivity index (χ0) is 15.2. The molecule has 1 aliphatic carbocycles. The molecule has 3 heteroatoms. The molecule has 2 nitrogen and oxygen atoms in total. The second-order valence-electron chi connectivity index (χ2n) is 5.96. The number of phenols is 2. The summed E-state index contributed by atoms with van der Waals surface area (Å²) in [5, 5.41) is 20.5. The van der Waals surface area contributed by atoms with Gasteiger partial charge in [-0.05, 0) is 55.4 Å². The highest BCUT2D eigenvalue weighted by Gasteiger charge is 2.22. The van der Waals surface area contributed by atoms with Crippen LogP contribution in [0.5, 0.6) is 11.5 Å². The van der Waals surface area contributed by atoms with E-state index < -0.39 is 6.67 Å². The van der Waals surface area contributed by atoms with Crippen molar-refractivity contribution >= 4 is 0 Å². The van der Waals surface area contributed by atoms with Crippen LogP contribution < -0.4 is 0 Å². The second kappa shape index (κ2) is 7.48. The molecule has 0 saturated carbocycles. The number of rotatable bonds is 6. The minimum Gasteiger partial charge on any atom is -0.507 e. The van der Waals surface area contributed by atoms with E-state index in [1.807, 2.05) is 6.08 Å². The van der Waals surface area contributed by atoms with Gasteiger partial charge in [-0.25, -0.2) is 4.39 Å². The van der Waals surface area contributed by atoms with Crippen LogP contribution in [0, 0.1) is 0 Å². The highest BCUT2D eigenvalue weighted by molar-refractivity contribution is 5.50. The fourth-order valence-corrected chi connectivity index (χ4v) is 3.12. The lowest BCUT2D eigenvalue weighted by Gasteiger charge is -2.22. The minimum absolute atomic E-state index is 0.0748.